The summed E-state index contributed by atoms with van der Waals surface area (Å²) < 4.78 is 138. The average Bonchev–Trinajstić information content (AvgIpc) is 4.08. The summed E-state index contributed by atoms with van der Waals surface area (Å²) in [6, 6.07) is -2.82. The standard InChI is InChI=1S/C45H68F6N8O15/c1-40(2)71-34-32(57-38(63)44(46,47)48)27-9-13-42(69-27,36(34)73-40)24-67-20-16-53-29(60)11-18-65-22-26(56-31(62)8-6-5-7-15-55-59-52)23-66-19-12-30(61)54-17-21-68-25-43-14-10-28(70-43)33(58-39(64)45(49,50)51)35-37(43)74-41(3,4)72-35/h26-28,32-37H,5-25H2,1-4H3,(H,53,60)(H,54,61)(H,56,62)(H,57,63)(H,58,64)/t27-,28-,32+,33+,34-,35-,36-,37-,42-,43-/m1/s1. The van der Waals surface area contributed by atoms with Crippen molar-refractivity contribution in [3.05, 3.63) is 10.4 Å². The highest BCUT2D eigenvalue weighted by molar-refractivity contribution is 5.82. The molecule has 6 fully saturated rings. The van der Waals surface area contributed by atoms with Crippen LogP contribution in [0.5, 0.6) is 0 Å². The molecule has 5 amide bonds. The molecule has 6 heterocycles. The van der Waals surface area contributed by atoms with Gasteiger partial charge in [0.15, 0.2) is 11.6 Å². The Morgan fingerprint density at radius 3 is 1.51 bits per heavy atom. The van der Waals surface area contributed by atoms with Gasteiger partial charge in [-0.15, -0.1) is 0 Å². The van der Waals surface area contributed by atoms with Gasteiger partial charge in [0.2, 0.25) is 17.7 Å². The van der Waals surface area contributed by atoms with Crippen LogP contribution in [0.2, 0.25) is 0 Å². The molecule has 420 valence electrons. The maximum Gasteiger partial charge on any atom is 0.471 e. The summed E-state index contributed by atoms with van der Waals surface area (Å²) in [6.07, 6.45) is -11.9. The van der Waals surface area contributed by atoms with Crippen LogP contribution in [0.4, 0.5) is 26.3 Å². The summed E-state index contributed by atoms with van der Waals surface area (Å²) in [5.74, 6) is -7.50. The van der Waals surface area contributed by atoms with Crippen molar-refractivity contribution in [2.75, 3.05) is 72.5 Å². The molecule has 23 nitrogen and oxygen atoms in total. The van der Waals surface area contributed by atoms with Crippen LogP contribution in [0.25, 0.3) is 10.4 Å². The third kappa shape index (κ3) is 16.0. The van der Waals surface area contributed by atoms with E-state index in [1.54, 1.807) is 27.7 Å². The molecule has 0 aromatic carbocycles. The van der Waals surface area contributed by atoms with Crippen molar-refractivity contribution in [1.82, 2.24) is 26.6 Å². The number of rotatable bonds is 29. The summed E-state index contributed by atoms with van der Waals surface area (Å²) in [5, 5.41) is 15.8. The first-order valence-electron chi connectivity index (χ1n) is 24.8. The highest BCUT2D eigenvalue weighted by atomic mass is 19.4. The first-order chi connectivity index (χ1) is 34.9. The number of hydrogen-bond acceptors (Lipinski definition) is 16. The molecule has 0 radical (unpaired) electrons. The van der Waals surface area contributed by atoms with E-state index >= 15 is 0 Å². The van der Waals surface area contributed by atoms with E-state index in [1.165, 1.54) is 0 Å². The van der Waals surface area contributed by atoms with Gasteiger partial charge in [-0.25, -0.2) is 0 Å². The molecule has 6 aliphatic heterocycles. The molecule has 4 bridgehead atoms. The first-order valence-corrected chi connectivity index (χ1v) is 24.8. The summed E-state index contributed by atoms with van der Waals surface area (Å²) >= 11 is 0. The molecule has 0 aromatic rings. The molecule has 74 heavy (non-hydrogen) atoms. The Morgan fingerprint density at radius 1 is 0.622 bits per heavy atom. The largest absolute Gasteiger partial charge is 0.471 e. The lowest BCUT2D eigenvalue weighted by Gasteiger charge is -2.44. The fourth-order valence-electron chi connectivity index (χ4n) is 10.2. The van der Waals surface area contributed by atoms with Crippen molar-refractivity contribution in [2.24, 2.45) is 5.11 Å². The Labute approximate surface area is 423 Å². The minimum Gasteiger partial charge on any atom is -0.379 e. The number of azide groups is 1. The highest BCUT2D eigenvalue weighted by Crippen LogP contribution is 2.51. The fourth-order valence-corrected chi connectivity index (χ4v) is 10.2. The van der Waals surface area contributed by atoms with Crippen LogP contribution in [0.1, 0.15) is 91.9 Å². The second kappa shape index (κ2) is 25.3. The summed E-state index contributed by atoms with van der Waals surface area (Å²) in [5.41, 5.74) is 6.37. The molecular formula is C45H68F6N8O15. The number of unbranched alkanes of at least 4 members (excludes halogenated alkanes) is 2. The lowest BCUT2D eigenvalue weighted by molar-refractivity contribution is -0.207. The number of alkyl halides is 6. The number of nitrogens with zero attached hydrogens (tertiary/aromatic N) is 3. The van der Waals surface area contributed by atoms with Crippen molar-refractivity contribution in [3.63, 3.8) is 0 Å². The van der Waals surface area contributed by atoms with E-state index in [9.17, 15) is 50.3 Å². The predicted molar refractivity (Wildman–Crippen MR) is 240 cm³/mol. The number of amides is 5. The normalized spacial score (nSPS) is 30.6. The van der Waals surface area contributed by atoms with E-state index in [0.29, 0.717) is 51.5 Å². The molecule has 5 N–H and O–H groups in total. The zero-order valence-corrected chi connectivity index (χ0v) is 41.8. The minimum atomic E-state index is -5.09. The number of ether oxygens (including phenoxy) is 10. The number of nitrogens with one attached hydrogen (secondary N) is 5. The Bertz CT molecular complexity index is 1890. The second-order valence-electron chi connectivity index (χ2n) is 20.0. The maximum absolute atomic E-state index is 13.1. The van der Waals surface area contributed by atoms with E-state index in [4.69, 9.17) is 52.9 Å². The van der Waals surface area contributed by atoms with Crippen molar-refractivity contribution >= 4 is 29.5 Å². The highest BCUT2D eigenvalue weighted by Gasteiger charge is 2.67. The van der Waals surface area contributed by atoms with E-state index in [1.807, 2.05) is 10.6 Å². The van der Waals surface area contributed by atoms with Crippen molar-refractivity contribution in [2.45, 2.75) is 182 Å². The third-order valence-corrected chi connectivity index (χ3v) is 13.4. The Kier molecular flexibility index (Phi) is 20.2. The van der Waals surface area contributed by atoms with Crippen LogP contribution in [0, 0.1) is 0 Å². The molecule has 0 aliphatic carbocycles. The van der Waals surface area contributed by atoms with Crippen LogP contribution in [-0.2, 0) is 71.3 Å². The predicted octanol–water partition coefficient (Wildman–Crippen LogP) is 2.42. The monoisotopic (exact) mass is 1070 g/mol. The molecule has 10 atom stereocenters. The Morgan fingerprint density at radius 2 is 1.08 bits per heavy atom. The molecule has 0 saturated carbocycles. The van der Waals surface area contributed by atoms with Gasteiger partial charge in [-0.3, -0.25) is 24.0 Å². The molecular weight excluding hydrogens is 1010 g/mol. The zero-order valence-electron chi connectivity index (χ0n) is 41.8. The van der Waals surface area contributed by atoms with Crippen LogP contribution in [0.3, 0.4) is 0 Å². The molecule has 0 unspecified atom stereocenters. The number of hydrogen-bond donors (Lipinski definition) is 5. The number of carbonyl (C=O) groups excluding carboxylic acids is 5. The van der Waals surface area contributed by atoms with Crippen molar-refractivity contribution < 1.29 is 97.7 Å². The second-order valence-corrected chi connectivity index (χ2v) is 20.0. The molecule has 6 aliphatic rings. The lowest BCUT2D eigenvalue weighted by atomic mass is 9.88. The van der Waals surface area contributed by atoms with Gasteiger partial charge < -0.3 is 74.0 Å². The van der Waals surface area contributed by atoms with E-state index in [-0.39, 0.29) is 103 Å². The summed E-state index contributed by atoms with van der Waals surface area (Å²) in [6.45, 7) is 7.03. The molecule has 29 heteroatoms. The van der Waals surface area contributed by atoms with Crippen LogP contribution in [-0.4, -0.2) is 192 Å². The minimum absolute atomic E-state index is 0.00615. The fraction of sp³-hybridized carbons (Fsp3) is 0.889. The third-order valence-electron chi connectivity index (χ3n) is 13.4. The van der Waals surface area contributed by atoms with E-state index in [0.717, 1.165) is 0 Å². The van der Waals surface area contributed by atoms with Crippen LogP contribution >= 0.6 is 0 Å². The lowest BCUT2D eigenvalue weighted by Crippen LogP contribution is -2.65. The summed E-state index contributed by atoms with van der Waals surface area (Å²) in [4.78, 5) is 64.5. The maximum atomic E-state index is 13.1. The number of carbonyl (C=O) groups is 5. The number of fused-ring (bicyclic) bond motifs is 8. The van der Waals surface area contributed by atoms with Gasteiger partial charge in [0.25, 0.3) is 0 Å². The Hall–Kier alpha value is -4.16. The van der Waals surface area contributed by atoms with Crippen molar-refractivity contribution in [3.8, 4) is 0 Å². The smallest absolute Gasteiger partial charge is 0.379 e. The Balaban J connectivity index is 0.867. The van der Waals surface area contributed by atoms with Crippen LogP contribution < -0.4 is 26.6 Å². The van der Waals surface area contributed by atoms with Gasteiger partial charge >= 0.3 is 24.2 Å². The molecule has 6 rings (SSSR count). The van der Waals surface area contributed by atoms with Crippen molar-refractivity contribution in [1.29, 1.82) is 0 Å². The van der Waals surface area contributed by atoms with Crippen LogP contribution in [0.15, 0.2) is 5.11 Å². The van der Waals surface area contributed by atoms with Gasteiger partial charge in [0.1, 0.15) is 35.6 Å². The first kappa shape index (κ1) is 59.1. The van der Waals surface area contributed by atoms with E-state index in [2.05, 4.69) is 26.0 Å². The SMILES string of the molecule is CC1(C)O[C@@H]2[C@@H](NC(=O)C(F)(F)F)[C@H]3CC[C@](COCCNC(=O)CCOCC(COCCC(=O)NCCOC[C@@]45CC[C@@H](O4)[C@H](NC(=O)C(F)(F)F)[C@H]4OC(C)(C)O[C@H]45)NC(=O)CCCCCN=[N+]=[N-])(O3)[C@@H]2O1. The molecule has 6 saturated heterocycles. The molecule has 0 aromatic heterocycles. The number of halogens is 6. The molecule has 0 spiro atoms. The van der Waals surface area contributed by atoms with Gasteiger partial charge in [0.05, 0.1) is 83.2 Å². The summed E-state index contributed by atoms with van der Waals surface area (Å²) in [7, 11) is 0. The van der Waals surface area contributed by atoms with Gasteiger partial charge in [-0.2, -0.15) is 26.3 Å². The van der Waals surface area contributed by atoms with Gasteiger partial charge in [-0.1, -0.05) is 11.5 Å². The van der Waals surface area contributed by atoms with Gasteiger partial charge in [-0.05, 0) is 71.8 Å². The van der Waals surface area contributed by atoms with E-state index < -0.39 is 102 Å². The van der Waals surface area contributed by atoms with Gasteiger partial charge in [0, 0.05) is 43.8 Å². The quantitative estimate of drug-likeness (QED) is 0.0237. The topological polar surface area (TPSA) is 287 Å². The average molecular weight is 1080 g/mol. The zero-order chi connectivity index (χ0) is 54.0.